The first kappa shape index (κ1) is 20.6. The molecule has 4 aromatic carbocycles. The monoisotopic (exact) mass is 434 g/mol. The van der Waals surface area contributed by atoms with Crippen molar-refractivity contribution in [3.63, 3.8) is 0 Å². The van der Waals surface area contributed by atoms with Crippen molar-refractivity contribution in [1.82, 2.24) is 10.2 Å². The van der Waals surface area contributed by atoms with Crippen LogP contribution in [0.25, 0.3) is 10.8 Å². The second kappa shape index (κ2) is 8.36. The number of imide groups is 1. The van der Waals surface area contributed by atoms with Gasteiger partial charge >= 0.3 is 6.03 Å². The molecule has 0 radical (unpaired) electrons. The first-order chi connectivity index (χ1) is 16.1. The van der Waals surface area contributed by atoms with Gasteiger partial charge in [-0.2, -0.15) is 0 Å². The van der Waals surface area contributed by atoms with E-state index in [-0.39, 0.29) is 12.3 Å². The van der Waals surface area contributed by atoms with Gasteiger partial charge in [0, 0.05) is 12.0 Å². The summed E-state index contributed by atoms with van der Waals surface area (Å²) in [6.45, 7) is -0.313. The summed E-state index contributed by atoms with van der Waals surface area (Å²) < 4.78 is 0. The van der Waals surface area contributed by atoms with Crippen molar-refractivity contribution in [3.05, 3.63) is 120 Å². The number of carbonyl (C=O) groups is 3. The number of rotatable bonds is 6. The Kier molecular flexibility index (Phi) is 5.23. The fraction of sp³-hybridized carbons (Fsp3) is 0.107. The number of nitrogens with zero attached hydrogens (tertiary/aromatic N) is 1. The molecule has 5 rings (SSSR count). The quantitative estimate of drug-likeness (QED) is 0.353. The van der Waals surface area contributed by atoms with Crippen LogP contribution in [0.2, 0.25) is 0 Å². The van der Waals surface area contributed by atoms with Crippen molar-refractivity contribution < 1.29 is 14.4 Å². The Bertz CT molecular complexity index is 1350. The number of amides is 3. The Morgan fingerprint density at radius 2 is 1.39 bits per heavy atom. The average molecular weight is 434 g/mol. The van der Waals surface area contributed by atoms with Gasteiger partial charge in [0.05, 0.1) is 6.54 Å². The maximum absolute atomic E-state index is 13.7. The van der Waals surface area contributed by atoms with Crippen LogP contribution in [0, 0.1) is 0 Å². The number of ketones is 1. The molecule has 0 aromatic heterocycles. The standard InChI is InChI=1S/C28H22N2O3/c31-25(23-16-15-21-11-7-8-12-22(21)17-23)19-30-26(32)28(29-27(30)33,24-13-5-2-6-14-24)18-20-9-3-1-4-10-20/h1-17H,18-19H2,(H,29,33)/t28-/m1/s1. The molecular formula is C28H22N2O3. The van der Waals surface area contributed by atoms with Crippen molar-refractivity contribution in [2.24, 2.45) is 0 Å². The maximum Gasteiger partial charge on any atom is 0.325 e. The number of hydrogen-bond acceptors (Lipinski definition) is 3. The highest BCUT2D eigenvalue weighted by Gasteiger charge is 2.52. The molecule has 3 amide bonds. The molecule has 1 atom stereocenters. The Labute approximate surface area is 191 Å². The van der Waals surface area contributed by atoms with E-state index in [0.717, 1.165) is 21.2 Å². The second-order valence-corrected chi connectivity index (χ2v) is 8.24. The normalized spacial score (nSPS) is 17.9. The summed E-state index contributed by atoms with van der Waals surface area (Å²) >= 11 is 0. The van der Waals surface area contributed by atoms with Crippen molar-refractivity contribution in [1.29, 1.82) is 0 Å². The van der Waals surface area contributed by atoms with E-state index in [4.69, 9.17) is 0 Å². The first-order valence-corrected chi connectivity index (χ1v) is 10.8. The number of fused-ring (bicyclic) bond motifs is 1. The van der Waals surface area contributed by atoms with Crippen molar-refractivity contribution in [2.75, 3.05) is 6.54 Å². The molecule has 1 saturated heterocycles. The number of hydrogen-bond donors (Lipinski definition) is 1. The minimum atomic E-state index is -1.26. The third kappa shape index (κ3) is 3.78. The molecule has 1 aliphatic rings. The molecule has 5 heteroatoms. The van der Waals surface area contributed by atoms with Gasteiger partial charge in [-0.25, -0.2) is 4.79 Å². The molecule has 33 heavy (non-hydrogen) atoms. The fourth-order valence-electron chi connectivity index (χ4n) is 4.41. The third-order valence-corrected chi connectivity index (χ3v) is 6.13. The van der Waals surface area contributed by atoms with Gasteiger partial charge in [0.25, 0.3) is 5.91 Å². The highest BCUT2D eigenvalue weighted by Crippen LogP contribution is 2.33. The molecule has 1 N–H and O–H groups in total. The van der Waals surface area contributed by atoms with Crippen LogP contribution in [-0.2, 0) is 16.8 Å². The van der Waals surface area contributed by atoms with Crippen LogP contribution in [0.15, 0.2) is 103 Å². The molecule has 1 fully saturated rings. The van der Waals surface area contributed by atoms with Crippen LogP contribution in [0.4, 0.5) is 4.79 Å². The van der Waals surface area contributed by atoms with Crippen LogP contribution >= 0.6 is 0 Å². The fourth-order valence-corrected chi connectivity index (χ4v) is 4.41. The Morgan fingerprint density at radius 1 is 0.758 bits per heavy atom. The molecule has 0 bridgehead atoms. The molecule has 1 aliphatic heterocycles. The van der Waals surface area contributed by atoms with Crippen molar-refractivity contribution in [3.8, 4) is 0 Å². The Balaban J connectivity index is 1.47. The molecule has 0 aliphatic carbocycles. The van der Waals surface area contributed by atoms with Crippen LogP contribution in [-0.4, -0.2) is 29.2 Å². The maximum atomic E-state index is 13.7. The molecule has 0 saturated carbocycles. The van der Waals surface area contributed by atoms with Gasteiger partial charge < -0.3 is 5.32 Å². The lowest BCUT2D eigenvalue weighted by Crippen LogP contribution is -2.46. The van der Waals surface area contributed by atoms with Gasteiger partial charge in [-0.05, 0) is 28.0 Å². The third-order valence-electron chi connectivity index (χ3n) is 6.13. The predicted octanol–water partition coefficient (Wildman–Crippen LogP) is 4.71. The Morgan fingerprint density at radius 3 is 2.12 bits per heavy atom. The number of benzene rings is 4. The van der Waals surface area contributed by atoms with E-state index in [1.165, 1.54) is 0 Å². The van der Waals surface area contributed by atoms with Gasteiger partial charge in [0.1, 0.15) is 0 Å². The van der Waals surface area contributed by atoms with Crippen LogP contribution in [0.1, 0.15) is 21.5 Å². The van der Waals surface area contributed by atoms with E-state index in [9.17, 15) is 14.4 Å². The molecule has 0 unspecified atom stereocenters. The highest BCUT2D eigenvalue weighted by molar-refractivity contribution is 6.12. The first-order valence-electron chi connectivity index (χ1n) is 10.8. The van der Waals surface area contributed by atoms with E-state index in [2.05, 4.69) is 5.32 Å². The summed E-state index contributed by atoms with van der Waals surface area (Å²) in [5.41, 5.74) is 0.809. The van der Waals surface area contributed by atoms with Gasteiger partial charge in [-0.15, -0.1) is 0 Å². The molecule has 5 nitrogen and oxygen atoms in total. The summed E-state index contributed by atoms with van der Waals surface area (Å²) in [4.78, 5) is 40.8. The number of Topliss-reactive ketones (excluding diaryl/α,β-unsaturated/α-hetero) is 1. The molecule has 1 heterocycles. The molecule has 162 valence electrons. The minimum absolute atomic E-state index is 0.284. The molecule has 0 spiro atoms. The van der Waals surface area contributed by atoms with E-state index < -0.39 is 17.5 Å². The predicted molar refractivity (Wildman–Crippen MR) is 127 cm³/mol. The van der Waals surface area contributed by atoms with E-state index in [1.54, 1.807) is 12.1 Å². The van der Waals surface area contributed by atoms with Crippen molar-refractivity contribution in [2.45, 2.75) is 12.0 Å². The van der Waals surface area contributed by atoms with Gasteiger partial charge in [0.2, 0.25) is 0 Å². The largest absolute Gasteiger partial charge is 0.325 e. The van der Waals surface area contributed by atoms with Crippen LogP contribution < -0.4 is 5.32 Å². The average Bonchev–Trinajstić information content (AvgIpc) is 3.09. The smallest absolute Gasteiger partial charge is 0.319 e. The van der Waals surface area contributed by atoms with E-state index in [0.29, 0.717) is 17.5 Å². The number of carbonyl (C=O) groups excluding carboxylic acids is 3. The lowest BCUT2D eigenvalue weighted by Gasteiger charge is -2.27. The SMILES string of the molecule is O=C(CN1C(=O)N[C@](Cc2ccccc2)(c2ccccc2)C1=O)c1ccc2ccccc2c1. The topological polar surface area (TPSA) is 66.5 Å². The van der Waals surface area contributed by atoms with Crippen molar-refractivity contribution >= 4 is 28.5 Å². The summed E-state index contributed by atoms with van der Waals surface area (Å²) in [5, 5.41) is 4.86. The van der Waals surface area contributed by atoms with Gasteiger partial charge in [-0.1, -0.05) is 97.1 Å². The van der Waals surface area contributed by atoms with Gasteiger partial charge in [0.15, 0.2) is 11.3 Å². The van der Waals surface area contributed by atoms with Crippen LogP contribution in [0.3, 0.4) is 0 Å². The Hall–Kier alpha value is -4.25. The summed E-state index contributed by atoms with van der Waals surface area (Å²) in [6, 6.07) is 31.3. The van der Waals surface area contributed by atoms with E-state index >= 15 is 0 Å². The zero-order valence-electron chi connectivity index (χ0n) is 17.9. The van der Waals surface area contributed by atoms with Crippen LogP contribution in [0.5, 0.6) is 0 Å². The van der Waals surface area contributed by atoms with E-state index in [1.807, 2.05) is 91.0 Å². The molecule has 4 aromatic rings. The summed E-state index contributed by atoms with van der Waals surface area (Å²) in [7, 11) is 0. The number of urea groups is 1. The summed E-state index contributed by atoms with van der Waals surface area (Å²) in [6.07, 6.45) is 0.295. The van der Waals surface area contributed by atoms with Gasteiger partial charge in [-0.3, -0.25) is 14.5 Å². The zero-order valence-corrected chi connectivity index (χ0v) is 17.9. The lowest BCUT2D eigenvalue weighted by atomic mass is 9.83. The highest BCUT2D eigenvalue weighted by atomic mass is 16.2. The molecular weight excluding hydrogens is 412 g/mol. The summed E-state index contributed by atoms with van der Waals surface area (Å²) in [5.74, 6) is -0.704. The lowest BCUT2D eigenvalue weighted by molar-refractivity contribution is -0.131. The number of nitrogens with one attached hydrogen (secondary N) is 1. The minimum Gasteiger partial charge on any atom is -0.319 e. The second-order valence-electron chi connectivity index (χ2n) is 8.24. The zero-order chi connectivity index (χ0) is 22.8.